The lowest BCUT2D eigenvalue weighted by Crippen LogP contribution is -2.62. The van der Waals surface area contributed by atoms with Gasteiger partial charge in [-0.3, -0.25) is 19.3 Å². The summed E-state index contributed by atoms with van der Waals surface area (Å²) in [6.45, 7) is 22.8. The van der Waals surface area contributed by atoms with Gasteiger partial charge in [0.2, 0.25) is 5.91 Å². The lowest BCUT2D eigenvalue weighted by atomic mass is 9.97. The second-order valence-corrected chi connectivity index (χ2v) is 19.7. The number of rotatable bonds is 16. The van der Waals surface area contributed by atoms with Crippen LogP contribution in [0, 0.1) is 0 Å². The van der Waals surface area contributed by atoms with Crippen molar-refractivity contribution in [3.63, 3.8) is 0 Å². The minimum Gasteiger partial charge on any atom is -0.461 e. The van der Waals surface area contributed by atoms with Gasteiger partial charge in [0.1, 0.15) is 43.5 Å². The summed E-state index contributed by atoms with van der Waals surface area (Å²) in [5, 5.41) is 14.7. The van der Waals surface area contributed by atoms with Crippen LogP contribution in [0.4, 0.5) is 4.79 Å². The molecule has 1 rings (SSSR count). The smallest absolute Gasteiger partial charge is 0.411 e. The molecule has 0 aliphatic carbocycles. The zero-order chi connectivity index (χ0) is 37.9. The van der Waals surface area contributed by atoms with Crippen LogP contribution in [-0.2, 0) is 37.8 Å². The zero-order valence-corrected chi connectivity index (χ0v) is 32.8. The number of esters is 2. The molecule has 1 aliphatic rings. The summed E-state index contributed by atoms with van der Waals surface area (Å²) in [5.41, 5.74) is 8.47. The number of carbonyl (C=O) groups is 4. The summed E-state index contributed by atoms with van der Waals surface area (Å²) in [4.78, 5) is 58.1. The second-order valence-electron chi connectivity index (χ2n) is 14.9. The summed E-state index contributed by atoms with van der Waals surface area (Å²) in [5.74, 6) is -1.94. The molecule has 1 heterocycles. The summed E-state index contributed by atoms with van der Waals surface area (Å²) >= 11 is 0. The fourth-order valence-corrected chi connectivity index (χ4v) is 6.39. The molecule has 49 heavy (non-hydrogen) atoms. The van der Waals surface area contributed by atoms with E-state index in [1.54, 1.807) is 20.8 Å². The quantitative estimate of drug-likeness (QED) is 0.0519. The molecule has 16 heteroatoms. The summed E-state index contributed by atoms with van der Waals surface area (Å²) in [6, 6.07) is -1.82. The lowest BCUT2D eigenvalue weighted by molar-refractivity contribution is -0.251. The standard InChI is InChI=1S/C33H61N5O10Si/c1-14-22(15-2)37(25(40)18-38(23(16-3)17-4)31(43)47-32(6,7)8)19-26(41)44-20-24-29(45-21(5)39)28(42)27(35-36-34)30(46-24)48-49(12,13)33(9,10)11/h22-24,27-30,42H,14-20H2,1-13H3/t24-,27-,28-,29+,30+/m1/s1. The molecule has 5 atom stereocenters. The third kappa shape index (κ3) is 13.1. The Hall–Kier alpha value is -2.91. The second kappa shape index (κ2) is 18.9. The van der Waals surface area contributed by atoms with Crippen molar-refractivity contribution in [1.29, 1.82) is 0 Å². The van der Waals surface area contributed by atoms with Gasteiger partial charge < -0.3 is 33.4 Å². The fourth-order valence-electron chi connectivity index (χ4n) is 5.26. The van der Waals surface area contributed by atoms with E-state index in [0.29, 0.717) is 25.7 Å². The highest BCUT2D eigenvalue weighted by Gasteiger charge is 2.51. The van der Waals surface area contributed by atoms with Crippen LogP contribution < -0.4 is 0 Å². The number of ether oxygens (including phenoxy) is 4. The Bertz CT molecular complexity index is 1160. The van der Waals surface area contributed by atoms with E-state index in [0.717, 1.165) is 6.92 Å². The maximum absolute atomic E-state index is 13.8. The first-order valence-electron chi connectivity index (χ1n) is 17.2. The number of nitrogens with zero attached hydrogens (tertiary/aromatic N) is 5. The molecule has 0 aromatic rings. The minimum atomic E-state index is -2.54. The van der Waals surface area contributed by atoms with Crippen LogP contribution in [0.1, 0.15) is 102 Å². The number of hydrogen-bond donors (Lipinski definition) is 1. The first kappa shape index (κ1) is 44.1. The van der Waals surface area contributed by atoms with Gasteiger partial charge in [0, 0.05) is 23.9 Å². The van der Waals surface area contributed by atoms with Crippen molar-refractivity contribution < 1.29 is 47.7 Å². The van der Waals surface area contributed by atoms with Gasteiger partial charge in [-0.2, -0.15) is 0 Å². The normalized spacial score (nSPS) is 21.5. The molecule has 0 saturated carbocycles. The van der Waals surface area contributed by atoms with Crippen molar-refractivity contribution >= 4 is 32.3 Å². The van der Waals surface area contributed by atoms with Crippen molar-refractivity contribution in [2.75, 3.05) is 19.7 Å². The Balaban J connectivity index is 3.32. The maximum atomic E-state index is 13.8. The molecular formula is C33H61N5O10Si. The molecular weight excluding hydrogens is 654 g/mol. The zero-order valence-electron chi connectivity index (χ0n) is 31.8. The number of aliphatic hydroxyl groups is 1. The minimum absolute atomic E-state index is 0.252. The van der Waals surface area contributed by atoms with Crippen molar-refractivity contribution in [3.05, 3.63) is 10.4 Å². The highest BCUT2D eigenvalue weighted by Crippen LogP contribution is 2.39. The number of aliphatic hydroxyl groups excluding tert-OH is 1. The molecule has 0 radical (unpaired) electrons. The van der Waals surface area contributed by atoms with Crippen LogP contribution >= 0.6 is 0 Å². The van der Waals surface area contributed by atoms with Gasteiger partial charge in [-0.1, -0.05) is 53.6 Å². The predicted octanol–water partition coefficient (Wildman–Crippen LogP) is 5.69. The Morgan fingerprint density at radius 3 is 1.92 bits per heavy atom. The predicted molar refractivity (Wildman–Crippen MR) is 186 cm³/mol. The Kier molecular flexibility index (Phi) is 17.0. The van der Waals surface area contributed by atoms with E-state index in [-0.39, 0.29) is 23.7 Å². The van der Waals surface area contributed by atoms with E-state index >= 15 is 0 Å². The highest BCUT2D eigenvalue weighted by molar-refractivity contribution is 6.74. The molecule has 282 valence electrons. The summed E-state index contributed by atoms with van der Waals surface area (Å²) in [6.07, 6.45) is -3.58. The SMILES string of the molecule is CCC(CC)N(CC(=O)OC[C@H]1O[C@@H](O[Si](C)(C)C(C)(C)C)[C@H](N=[N+]=[N-])[C@@H](O)[C@H]1OC(C)=O)C(=O)CN(C(=O)OC(C)(C)C)C(CC)CC. The monoisotopic (exact) mass is 715 g/mol. The highest BCUT2D eigenvalue weighted by atomic mass is 28.4. The molecule has 0 aromatic heterocycles. The third-order valence-electron chi connectivity index (χ3n) is 9.07. The van der Waals surface area contributed by atoms with Gasteiger partial charge in [0.15, 0.2) is 20.7 Å². The molecule has 0 aromatic carbocycles. The number of amides is 2. The van der Waals surface area contributed by atoms with E-state index in [1.165, 1.54) is 9.80 Å². The van der Waals surface area contributed by atoms with Crippen LogP contribution in [0.3, 0.4) is 0 Å². The number of carbonyl (C=O) groups excluding carboxylic acids is 4. The van der Waals surface area contributed by atoms with Crippen LogP contribution in [0.25, 0.3) is 10.4 Å². The molecule has 0 spiro atoms. The van der Waals surface area contributed by atoms with Crippen LogP contribution in [0.2, 0.25) is 18.1 Å². The van der Waals surface area contributed by atoms with Gasteiger partial charge in [-0.15, -0.1) is 0 Å². The van der Waals surface area contributed by atoms with E-state index in [9.17, 15) is 29.8 Å². The van der Waals surface area contributed by atoms with Crippen LogP contribution in [-0.4, -0.2) is 115 Å². The first-order chi connectivity index (χ1) is 22.6. The van der Waals surface area contributed by atoms with Crippen molar-refractivity contribution in [2.24, 2.45) is 5.11 Å². The van der Waals surface area contributed by atoms with Gasteiger partial charge in [-0.05, 0) is 70.1 Å². The van der Waals surface area contributed by atoms with Gasteiger partial charge in [-0.25, -0.2) is 4.79 Å². The first-order valence-corrected chi connectivity index (χ1v) is 20.1. The van der Waals surface area contributed by atoms with E-state index in [4.69, 9.17) is 23.4 Å². The molecule has 15 nitrogen and oxygen atoms in total. The van der Waals surface area contributed by atoms with Crippen molar-refractivity contribution in [3.8, 4) is 0 Å². The summed E-state index contributed by atoms with van der Waals surface area (Å²) < 4.78 is 29.1. The summed E-state index contributed by atoms with van der Waals surface area (Å²) in [7, 11) is -2.54. The van der Waals surface area contributed by atoms with Crippen molar-refractivity contribution in [2.45, 2.75) is 168 Å². The third-order valence-corrected chi connectivity index (χ3v) is 13.5. The molecule has 1 N–H and O–H groups in total. The van der Waals surface area contributed by atoms with Gasteiger partial charge in [0.05, 0.1) is 0 Å². The molecule has 1 saturated heterocycles. The molecule has 2 amide bonds. The fraction of sp³-hybridized carbons (Fsp3) is 0.879. The number of hydrogen-bond acceptors (Lipinski definition) is 11. The average molecular weight is 716 g/mol. The Morgan fingerprint density at radius 2 is 1.47 bits per heavy atom. The van der Waals surface area contributed by atoms with Crippen molar-refractivity contribution in [1.82, 2.24) is 9.80 Å². The Labute approximate surface area is 293 Å². The van der Waals surface area contributed by atoms with E-state index in [2.05, 4.69) is 10.0 Å². The molecule has 1 fully saturated rings. The van der Waals surface area contributed by atoms with E-state index < -0.39 is 81.7 Å². The van der Waals surface area contributed by atoms with Crippen LogP contribution in [0.15, 0.2) is 5.11 Å². The topological polar surface area (TPSA) is 190 Å². The average Bonchev–Trinajstić information content (AvgIpc) is 2.97. The number of azide groups is 1. The van der Waals surface area contributed by atoms with Gasteiger partial charge >= 0.3 is 18.0 Å². The maximum Gasteiger partial charge on any atom is 0.411 e. The molecule has 0 unspecified atom stereocenters. The van der Waals surface area contributed by atoms with Gasteiger partial charge in [0.25, 0.3) is 0 Å². The Morgan fingerprint density at radius 1 is 0.939 bits per heavy atom. The molecule has 1 aliphatic heterocycles. The lowest BCUT2D eigenvalue weighted by Gasteiger charge is -2.46. The molecule has 0 bridgehead atoms. The van der Waals surface area contributed by atoms with Crippen LogP contribution in [0.5, 0.6) is 0 Å². The largest absolute Gasteiger partial charge is 0.461 e. The van der Waals surface area contributed by atoms with E-state index in [1.807, 2.05) is 61.6 Å².